The van der Waals surface area contributed by atoms with Crippen LogP contribution in [0.4, 0.5) is 0 Å². The second kappa shape index (κ2) is 5.59. The fourth-order valence-corrected chi connectivity index (χ4v) is 4.69. The zero-order chi connectivity index (χ0) is 14.9. The Morgan fingerprint density at radius 3 is 2.32 bits per heavy atom. The minimum Gasteiger partial charge on any atom is -0.288 e. The van der Waals surface area contributed by atoms with E-state index in [0.29, 0.717) is 0 Å². The monoisotopic (exact) mass is 320 g/mol. The number of hydrogen-bond donors (Lipinski definition) is 0. The van der Waals surface area contributed by atoms with Crippen LogP contribution in [0.1, 0.15) is 0 Å². The molecule has 106 valence electrons. The van der Waals surface area contributed by atoms with Crippen molar-refractivity contribution in [1.82, 2.24) is 0 Å². The predicted octanol–water partition coefficient (Wildman–Crippen LogP) is 5.57. The molecule has 22 heavy (non-hydrogen) atoms. The van der Waals surface area contributed by atoms with E-state index in [2.05, 4.69) is 12.1 Å². The van der Waals surface area contributed by atoms with E-state index in [0.717, 1.165) is 30.0 Å². The van der Waals surface area contributed by atoms with Gasteiger partial charge in [0, 0.05) is 24.6 Å². The SMILES string of the molecule is O=c1c2ccccc2sc2cccc(Sc3ccccc3)c12. The smallest absolute Gasteiger partial charge is 0.197 e. The van der Waals surface area contributed by atoms with E-state index < -0.39 is 0 Å². The quantitative estimate of drug-likeness (QED) is 0.449. The van der Waals surface area contributed by atoms with Gasteiger partial charge in [0.1, 0.15) is 0 Å². The van der Waals surface area contributed by atoms with Gasteiger partial charge in [-0.05, 0) is 36.4 Å². The Morgan fingerprint density at radius 1 is 0.727 bits per heavy atom. The fourth-order valence-electron chi connectivity index (χ4n) is 2.52. The first kappa shape index (κ1) is 13.6. The maximum absolute atomic E-state index is 12.9. The lowest BCUT2D eigenvalue weighted by molar-refractivity contribution is 1.44. The van der Waals surface area contributed by atoms with Crippen molar-refractivity contribution in [3.63, 3.8) is 0 Å². The van der Waals surface area contributed by atoms with Gasteiger partial charge >= 0.3 is 0 Å². The van der Waals surface area contributed by atoms with Gasteiger partial charge < -0.3 is 0 Å². The van der Waals surface area contributed by atoms with Crippen LogP contribution in [-0.2, 0) is 0 Å². The van der Waals surface area contributed by atoms with Gasteiger partial charge in [-0.2, -0.15) is 0 Å². The van der Waals surface area contributed by atoms with Crippen molar-refractivity contribution in [3.05, 3.63) is 83.0 Å². The van der Waals surface area contributed by atoms with Crippen LogP contribution in [0.5, 0.6) is 0 Å². The Morgan fingerprint density at radius 2 is 1.45 bits per heavy atom. The molecule has 4 rings (SSSR count). The maximum atomic E-state index is 12.9. The van der Waals surface area contributed by atoms with Crippen LogP contribution in [0, 0.1) is 0 Å². The summed E-state index contributed by atoms with van der Waals surface area (Å²) in [7, 11) is 0. The Labute approximate surface area is 136 Å². The first-order valence-corrected chi connectivity index (χ1v) is 8.64. The number of hydrogen-bond acceptors (Lipinski definition) is 3. The standard InChI is InChI=1S/C19H12OS2/c20-19-14-9-4-5-10-15(14)22-17-12-6-11-16(18(17)19)21-13-7-2-1-3-8-13/h1-12H. The van der Waals surface area contributed by atoms with E-state index in [4.69, 9.17) is 0 Å². The van der Waals surface area contributed by atoms with Crippen LogP contribution >= 0.6 is 23.1 Å². The lowest BCUT2D eigenvalue weighted by Gasteiger charge is -2.07. The molecule has 0 spiro atoms. The summed E-state index contributed by atoms with van der Waals surface area (Å²) in [5.41, 5.74) is 0.128. The number of fused-ring (bicyclic) bond motifs is 2. The fraction of sp³-hybridized carbons (Fsp3) is 0. The average molecular weight is 320 g/mol. The molecule has 1 aromatic heterocycles. The normalized spacial score (nSPS) is 11.1. The molecular weight excluding hydrogens is 308 g/mol. The molecule has 3 heteroatoms. The Bertz CT molecular complexity index is 1020. The van der Waals surface area contributed by atoms with Crippen molar-refractivity contribution in [2.45, 2.75) is 9.79 Å². The summed E-state index contributed by atoms with van der Waals surface area (Å²) in [6, 6.07) is 24.1. The summed E-state index contributed by atoms with van der Waals surface area (Å²) in [6.07, 6.45) is 0. The molecule has 1 heterocycles. The van der Waals surface area contributed by atoms with Gasteiger partial charge in [-0.3, -0.25) is 4.79 Å². The highest BCUT2D eigenvalue weighted by Gasteiger charge is 2.10. The summed E-state index contributed by atoms with van der Waals surface area (Å²) in [4.78, 5) is 15.1. The number of benzene rings is 3. The highest BCUT2D eigenvalue weighted by molar-refractivity contribution is 7.99. The average Bonchev–Trinajstić information content (AvgIpc) is 2.56. The summed E-state index contributed by atoms with van der Waals surface area (Å²) >= 11 is 3.32. The molecule has 4 aromatic rings. The highest BCUT2D eigenvalue weighted by atomic mass is 32.2. The van der Waals surface area contributed by atoms with Crippen molar-refractivity contribution >= 4 is 43.3 Å². The Balaban J connectivity index is 2.00. The molecule has 0 bridgehead atoms. The van der Waals surface area contributed by atoms with Crippen molar-refractivity contribution < 1.29 is 0 Å². The van der Waals surface area contributed by atoms with Crippen molar-refractivity contribution in [3.8, 4) is 0 Å². The van der Waals surface area contributed by atoms with Gasteiger partial charge in [0.15, 0.2) is 5.43 Å². The zero-order valence-corrected chi connectivity index (χ0v) is 13.3. The third-order valence-corrected chi connectivity index (χ3v) is 5.74. The molecule has 0 aliphatic heterocycles. The zero-order valence-electron chi connectivity index (χ0n) is 11.7. The molecule has 1 nitrogen and oxygen atoms in total. The van der Waals surface area contributed by atoms with Crippen molar-refractivity contribution in [2.24, 2.45) is 0 Å². The van der Waals surface area contributed by atoms with Crippen LogP contribution in [0.15, 0.2) is 87.4 Å². The van der Waals surface area contributed by atoms with E-state index in [1.807, 2.05) is 60.7 Å². The molecule has 0 saturated carbocycles. The van der Waals surface area contributed by atoms with Crippen molar-refractivity contribution in [1.29, 1.82) is 0 Å². The third kappa shape index (κ3) is 2.32. The van der Waals surface area contributed by atoms with E-state index in [1.54, 1.807) is 23.1 Å². The van der Waals surface area contributed by atoms with Gasteiger partial charge in [-0.1, -0.05) is 48.2 Å². The highest BCUT2D eigenvalue weighted by Crippen LogP contribution is 2.34. The Kier molecular flexibility index (Phi) is 3.45. The van der Waals surface area contributed by atoms with Gasteiger partial charge in [0.2, 0.25) is 0 Å². The first-order chi connectivity index (χ1) is 10.8. The topological polar surface area (TPSA) is 17.1 Å². The molecule has 0 saturated heterocycles. The van der Waals surface area contributed by atoms with Crippen LogP contribution in [0.3, 0.4) is 0 Å². The second-order valence-corrected chi connectivity index (χ2v) is 7.17. The van der Waals surface area contributed by atoms with Gasteiger partial charge in [-0.15, -0.1) is 11.3 Å². The van der Waals surface area contributed by atoms with Crippen LogP contribution in [0.25, 0.3) is 20.2 Å². The van der Waals surface area contributed by atoms with Gasteiger partial charge in [0.05, 0.1) is 5.39 Å². The molecule has 0 unspecified atom stereocenters. The van der Waals surface area contributed by atoms with E-state index >= 15 is 0 Å². The molecule has 0 aliphatic rings. The van der Waals surface area contributed by atoms with Crippen LogP contribution in [0.2, 0.25) is 0 Å². The molecule has 0 aliphatic carbocycles. The lowest BCUT2D eigenvalue weighted by atomic mass is 10.2. The maximum Gasteiger partial charge on any atom is 0.197 e. The Hall–Kier alpha value is -2.10. The summed E-state index contributed by atoms with van der Waals surface area (Å²) in [6.45, 7) is 0. The minimum absolute atomic E-state index is 0.128. The molecule has 0 radical (unpaired) electrons. The molecule has 3 aromatic carbocycles. The van der Waals surface area contributed by atoms with Gasteiger partial charge in [-0.25, -0.2) is 0 Å². The molecule has 0 fully saturated rings. The predicted molar refractivity (Wildman–Crippen MR) is 96.2 cm³/mol. The van der Waals surface area contributed by atoms with Gasteiger partial charge in [0.25, 0.3) is 0 Å². The molecular formula is C19H12OS2. The minimum atomic E-state index is 0.128. The van der Waals surface area contributed by atoms with Crippen LogP contribution in [-0.4, -0.2) is 0 Å². The van der Waals surface area contributed by atoms with Crippen LogP contribution < -0.4 is 5.43 Å². The number of rotatable bonds is 2. The first-order valence-electron chi connectivity index (χ1n) is 7.00. The summed E-state index contributed by atoms with van der Waals surface area (Å²) in [5, 5.41) is 1.64. The summed E-state index contributed by atoms with van der Waals surface area (Å²) < 4.78 is 2.09. The molecule has 0 amide bonds. The third-order valence-electron chi connectivity index (χ3n) is 3.54. The summed E-state index contributed by atoms with van der Waals surface area (Å²) in [5.74, 6) is 0. The van der Waals surface area contributed by atoms with E-state index in [-0.39, 0.29) is 5.43 Å². The molecule has 0 atom stereocenters. The van der Waals surface area contributed by atoms with E-state index in [1.165, 1.54) is 0 Å². The molecule has 0 N–H and O–H groups in total. The van der Waals surface area contributed by atoms with E-state index in [9.17, 15) is 4.79 Å². The van der Waals surface area contributed by atoms with Crippen molar-refractivity contribution in [2.75, 3.05) is 0 Å². The largest absolute Gasteiger partial charge is 0.288 e. The lowest BCUT2D eigenvalue weighted by Crippen LogP contribution is -2.02. The second-order valence-electron chi connectivity index (χ2n) is 4.97.